The van der Waals surface area contributed by atoms with Crippen LogP contribution in [-0.4, -0.2) is 68.8 Å². The number of amides is 2. The molecule has 0 aliphatic rings. The van der Waals surface area contributed by atoms with Crippen LogP contribution >= 0.6 is 0 Å². The van der Waals surface area contributed by atoms with Gasteiger partial charge in [-0.1, -0.05) is 54.6 Å². The Morgan fingerprint density at radius 3 is 2.04 bits per heavy atom. The fraction of sp³-hybridized carbons (Fsp3) is 0.250. The molecular formula is C36H40F6N8O7. The van der Waals surface area contributed by atoms with Gasteiger partial charge in [0.05, 0.1) is 11.9 Å². The van der Waals surface area contributed by atoms with Gasteiger partial charge in [0.1, 0.15) is 12.4 Å². The van der Waals surface area contributed by atoms with Crippen molar-refractivity contribution in [2.24, 2.45) is 5.73 Å². The summed E-state index contributed by atoms with van der Waals surface area (Å²) in [4.78, 5) is 60.8. The van der Waals surface area contributed by atoms with Crippen LogP contribution in [0.2, 0.25) is 0 Å². The van der Waals surface area contributed by atoms with Crippen molar-refractivity contribution in [1.82, 2.24) is 14.9 Å². The lowest BCUT2D eigenvalue weighted by atomic mass is 10.1. The molecule has 57 heavy (non-hydrogen) atoms. The van der Waals surface area contributed by atoms with E-state index in [-0.39, 0.29) is 55.5 Å². The van der Waals surface area contributed by atoms with Crippen molar-refractivity contribution >= 4 is 47.3 Å². The summed E-state index contributed by atoms with van der Waals surface area (Å²) in [5.41, 5.74) is 15.4. The first-order valence-electron chi connectivity index (χ1n) is 16.3. The van der Waals surface area contributed by atoms with Crippen LogP contribution in [0.4, 0.5) is 43.5 Å². The van der Waals surface area contributed by atoms with Crippen LogP contribution in [0.1, 0.15) is 37.0 Å². The average molecular weight is 811 g/mol. The quantitative estimate of drug-likeness (QED) is 0.0311. The molecule has 10 N–H and O–H groups in total. The molecule has 0 spiro atoms. The fourth-order valence-electron chi connectivity index (χ4n) is 4.45. The van der Waals surface area contributed by atoms with Gasteiger partial charge in [0.15, 0.2) is 5.82 Å². The number of nitrogens with two attached hydrogens (primary N) is 2. The van der Waals surface area contributed by atoms with Crippen LogP contribution < -0.4 is 33.0 Å². The zero-order valence-electron chi connectivity index (χ0n) is 30.3. The Labute approximate surface area is 321 Å². The van der Waals surface area contributed by atoms with Crippen LogP contribution in [-0.2, 0) is 38.7 Å². The molecule has 3 aromatic carbocycles. The number of carboxylic acids is 1. The minimum Gasteiger partial charge on any atom is -0.483 e. The second-order valence-corrected chi connectivity index (χ2v) is 11.6. The van der Waals surface area contributed by atoms with Crippen LogP contribution in [0.25, 0.3) is 11.3 Å². The number of nitrogens with one attached hydrogen (secondary N) is 4. The van der Waals surface area contributed by atoms with Gasteiger partial charge in [-0.3, -0.25) is 29.2 Å². The van der Waals surface area contributed by atoms with Gasteiger partial charge in [-0.15, -0.1) is 0 Å². The molecule has 0 unspecified atom stereocenters. The first kappa shape index (κ1) is 48.1. The van der Waals surface area contributed by atoms with E-state index >= 15 is 0 Å². The molecule has 1 heterocycles. The maximum absolute atomic E-state index is 13.5. The maximum atomic E-state index is 13.5. The largest absolute Gasteiger partial charge is 0.490 e. The Balaban J connectivity index is 0.000000997. The number of halogens is 6. The van der Waals surface area contributed by atoms with Gasteiger partial charge in [-0.25, -0.2) is 9.78 Å². The smallest absolute Gasteiger partial charge is 0.483 e. The van der Waals surface area contributed by atoms with Crippen molar-refractivity contribution in [2.45, 2.75) is 58.7 Å². The second-order valence-electron chi connectivity index (χ2n) is 11.6. The molecule has 4 rings (SSSR count). The number of rotatable bonds is 12. The number of hydrogen-bond acceptors (Lipinski definition) is 9. The molecule has 0 aliphatic heterocycles. The summed E-state index contributed by atoms with van der Waals surface area (Å²) in [6.07, 6.45) is -2.70. The first-order chi connectivity index (χ1) is 26.7. The summed E-state index contributed by atoms with van der Waals surface area (Å²) in [6, 6.07) is 21.6. The third-order valence-electron chi connectivity index (χ3n) is 6.80. The van der Waals surface area contributed by atoms with E-state index in [4.69, 9.17) is 36.7 Å². The number of carbonyl (C=O) groups excluding carboxylic acids is 2. The Bertz CT molecular complexity index is 1990. The highest BCUT2D eigenvalue weighted by molar-refractivity contribution is 5.95. The average Bonchev–Trinajstić information content (AvgIpc) is 3.12. The van der Waals surface area contributed by atoms with E-state index in [1.54, 1.807) is 42.5 Å². The lowest BCUT2D eigenvalue weighted by molar-refractivity contribution is -0.192. The molecule has 0 aliphatic carbocycles. The number of carboxylic acid groups (broad SMARTS) is 2. The van der Waals surface area contributed by atoms with Crippen molar-refractivity contribution in [3.8, 4) is 11.3 Å². The van der Waals surface area contributed by atoms with Crippen LogP contribution in [0, 0.1) is 5.41 Å². The Morgan fingerprint density at radius 2 is 1.53 bits per heavy atom. The summed E-state index contributed by atoms with van der Waals surface area (Å²) in [7, 11) is 0. The van der Waals surface area contributed by atoms with Gasteiger partial charge in [0.25, 0.3) is 12.0 Å². The van der Waals surface area contributed by atoms with Crippen LogP contribution in [0.15, 0.2) is 83.8 Å². The van der Waals surface area contributed by atoms with Crippen molar-refractivity contribution < 1.29 is 55.7 Å². The van der Waals surface area contributed by atoms with E-state index in [1.165, 1.54) is 10.8 Å². The number of carbonyl (C=O) groups is 4. The SMILES string of the molecule is CC(C)Nc1ncc(-c2cc(N)cc(NC(=O)CCc3ccccc3)c2)n(CC(=O)NCc2ccc(C(=N)N)cc2)c1=O.FC(F)F.O=C(O)C(F)(F)F.O=CO. The molecule has 0 saturated heterocycles. The van der Waals surface area contributed by atoms with Crippen molar-refractivity contribution in [2.75, 3.05) is 16.4 Å². The Kier molecular flexibility index (Phi) is 20.1. The minimum absolute atomic E-state index is 0.0394. The predicted molar refractivity (Wildman–Crippen MR) is 199 cm³/mol. The van der Waals surface area contributed by atoms with Crippen molar-refractivity contribution in [1.29, 1.82) is 5.41 Å². The Hall–Kier alpha value is -6.93. The summed E-state index contributed by atoms with van der Waals surface area (Å²) < 4.78 is 62.1. The van der Waals surface area contributed by atoms with Gasteiger partial charge in [-0.2, -0.15) is 26.3 Å². The van der Waals surface area contributed by atoms with Crippen LogP contribution in [0.5, 0.6) is 0 Å². The van der Waals surface area contributed by atoms with Gasteiger partial charge in [0.2, 0.25) is 11.8 Å². The predicted octanol–water partition coefficient (Wildman–Crippen LogP) is 5.00. The summed E-state index contributed by atoms with van der Waals surface area (Å²) in [5, 5.41) is 30.3. The molecule has 0 fully saturated rings. The fourth-order valence-corrected chi connectivity index (χ4v) is 4.45. The molecule has 0 atom stereocenters. The number of hydrogen-bond donors (Lipinski definition) is 8. The Morgan fingerprint density at radius 1 is 0.965 bits per heavy atom. The van der Waals surface area contributed by atoms with E-state index in [1.807, 2.05) is 44.2 Å². The van der Waals surface area contributed by atoms with E-state index < -0.39 is 24.4 Å². The zero-order chi connectivity index (χ0) is 43.3. The van der Waals surface area contributed by atoms with Gasteiger partial charge in [0, 0.05) is 41.5 Å². The molecule has 1 aromatic heterocycles. The highest BCUT2D eigenvalue weighted by Crippen LogP contribution is 2.26. The lowest BCUT2D eigenvalue weighted by Crippen LogP contribution is -2.35. The maximum Gasteiger partial charge on any atom is 0.490 e. The molecule has 308 valence electrons. The topological polar surface area (TPSA) is 256 Å². The monoisotopic (exact) mass is 810 g/mol. The minimum atomic E-state index is -5.08. The number of aromatic nitrogens is 2. The number of aryl methyl sites for hydroxylation is 1. The normalized spacial score (nSPS) is 10.4. The number of nitrogens with zero attached hydrogens (tertiary/aromatic N) is 2. The lowest BCUT2D eigenvalue weighted by Gasteiger charge is -2.17. The molecule has 15 nitrogen and oxygen atoms in total. The third kappa shape index (κ3) is 18.8. The van der Waals surface area contributed by atoms with Crippen LogP contribution in [0.3, 0.4) is 0 Å². The molecule has 0 bridgehead atoms. The third-order valence-corrected chi connectivity index (χ3v) is 6.80. The van der Waals surface area contributed by atoms with Crippen molar-refractivity contribution in [3.63, 3.8) is 0 Å². The molecule has 0 saturated carbocycles. The highest BCUT2D eigenvalue weighted by atomic mass is 19.4. The molecular weight excluding hydrogens is 770 g/mol. The van der Waals surface area contributed by atoms with E-state index in [0.717, 1.165) is 11.1 Å². The standard InChI is InChI=1S/C32H36N8O3.C2HF3O2.CHF3.CH2O2/c1-20(2)38-31-32(43)40(19-29(42)36-17-22-8-11-23(12-9-22)30(34)35)27(18-37-31)24-14-25(33)16-26(15-24)39-28(41)13-10-21-6-4-3-5-7-21;3-2(4,5)1(6)7;2-1(3)4;2-1-3/h3-9,11-12,14-16,18,20H,10,13,17,19,33H2,1-2H3,(H3,34,35)(H,36,42)(H,37,38)(H,39,41);(H,6,7);1H;1H,(H,2,3). The van der Waals surface area contributed by atoms with Gasteiger partial charge >= 0.3 is 18.8 Å². The summed E-state index contributed by atoms with van der Waals surface area (Å²) >= 11 is 0. The molecule has 0 radical (unpaired) electrons. The van der Waals surface area contributed by atoms with Gasteiger partial charge in [-0.05, 0) is 49.6 Å². The summed E-state index contributed by atoms with van der Waals surface area (Å²) in [6.45, 7) is -0.203. The number of benzene rings is 3. The summed E-state index contributed by atoms with van der Waals surface area (Å²) in [5.74, 6) is -3.25. The number of aliphatic carboxylic acids is 1. The van der Waals surface area contributed by atoms with E-state index in [9.17, 15) is 40.7 Å². The second kappa shape index (κ2) is 23.8. The number of alkyl halides is 6. The molecule has 2 amide bonds. The number of amidine groups is 1. The molecule has 21 heteroatoms. The van der Waals surface area contributed by atoms with E-state index in [2.05, 4.69) is 20.9 Å². The zero-order valence-corrected chi connectivity index (χ0v) is 30.3. The number of nitrogen functional groups attached to an aromatic ring is 2. The first-order valence-corrected chi connectivity index (χ1v) is 16.3. The number of anilines is 3. The van der Waals surface area contributed by atoms with Crippen molar-refractivity contribution in [3.05, 3.63) is 106 Å². The van der Waals surface area contributed by atoms with E-state index in [0.29, 0.717) is 34.6 Å². The van der Waals surface area contributed by atoms with Gasteiger partial charge < -0.3 is 37.6 Å². The molecule has 4 aromatic rings. The highest BCUT2D eigenvalue weighted by Gasteiger charge is 2.38.